The summed E-state index contributed by atoms with van der Waals surface area (Å²) in [6.45, 7) is 1.20. The molecular formula is C20H12F4N2O2S. The van der Waals surface area contributed by atoms with Gasteiger partial charge < -0.3 is 0 Å². The van der Waals surface area contributed by atoms with Crippen molar-refractivity contribution in [3.05, 3.63) is 82.4 Å². The lowest BCUT2D eigenvalue weighted by Gasteiger charge is -2.18. The highest BCUT2D eigenvalue weighted by molar-refractivity contribution is 7.14. The molecule has 0 spiro atoms. The van der Waals surface area contributed by atoms with Crippen molar-refractivity contribution in [3.63, 3.8) is 0 Å². The third-order valence-corrected chi connectivity index (χ3v) is 4.62. The lowest BCUT2D eigenvalue weighted by molar-refractivity contribution is -0.115. The highest BCUT2D eigenvalue weighted by Crippen LogP contribution is 2.31. The number of thiazole rings is 1. The number of allylic oxidation sites excluding steroid dienone is 1. The Balaban J connectivity index is 1.84. The van der Waals surface area contributed by atoms with E-state index in [1.165, 1.54) is 18.4 Å². The van der Waals surface area contributed by atoms with Crippen molar-refractivity contribution in [2.24, 2.45) is 0 Å². The zero-order chi connectivity index (χ0) is 21.1. The van der Waals surface area contributed by atoms with Gasteiger partial charge in [-0.25, -0.2) is 22.5 Å². The predicted octanol–water partition coefficient (Wildman–Crippen LogP) is 5.28. The summed E-state index contributed by atoms with van der Waals surface area (Å²) in [4.78, 5) is 29.2. The molecule has 4 nitrogen and oxygen atoms in total. The molecule has 0 aliphatic carbocycles. The highest BCUT2D eigenvalue weighted by atomic mass is 32.1. The topological polar surface area (TPSA) is 50.3 Å². The number of nitrogens with zero attached hydrogens (tertiary/aromatic N) is 2. The SMILES string of the molecule is CC(=O)N(c1nc(C=CC(=O)c2ccc(F)c(F)c2)cs1)c1ccc(F)cc1F. The fourth-order valence-electron chi connectivity index (χ4n) is 2.43. The largest absolute Gasteiger partial charge is 0.289 e. The number of anilines is 2. The Morgan fingerprint density at radius 1 is 1.00 bits per heavy atom. The van der Waals surface area contributed by atoms with Gasteiger partial charge in [0.1, 0.15) is 11.6 Å². The number of aromatic nitrogens is 1. The molecule has 0 radical (unpaired) electrons. The Morgan fingerprint density at radius 3 is 2.41 bits per heavy atom. The maximum atomic E-state index is 14.1. The van der Waals surface area contributed by atoms with Crippen molar-refractivity contribution in [2.75, 3.05) is 4.90 Å². The Hall–Kier alpha value is -3.33. The monoisotopic (exact) mass is 420 g/mol. The molecule has 148 valence electrons. The minimum absolute atomic E-state index is 0.0469. The van der Waals surface area contributed by atoms with Crippen molar-refractivity contribution in [1.82, 2.24) is 4.98 Å². The molecular weight excluding hydrogens is 408 g/mol. The van der Waals surface area contributed by atoms with Gasteiger partial charge in [-0.05, 0) is 42.5 Å². The number of carbonyl (C=O) groups is 2. The second-order valence-corrected chi connectivity index (χ2v) is 6.67. The average molecular weight is 420 g/mol. The highest BCUT2D eigenvalue weighted by Gasteiger charge is 2.21. The number of ketones is 1. The summed E-state index contributed by atoms with van der Waals surface area (Å²) in [7, 11) is 0. The molecule has 0 atom stereocenters. The zero-order valence-corrected chi connectivity index (χ0v) is 15.6. The lowest BCUT2D eigenvalue weighted by atomic mass is 10.1. The van der Waals surface area contributed by atoms with E-state index in [0.29, 0.717) is 6.07 Å². The van der Waals surface area contributed by atoms with Gasteiger partial charge in [0.25, 0.3) is 0 Å². The minimum atomic E-state index is -1.14. The second-order valence-electron chi connectivity index (χ2n) is 5.83. The number of benzene rings is 2. The molecule has 1 amide bonds. The van der Waals surface area contributed by atoms with Gasteiger partial charge in [0.2, 0.25) is 5.91 Å². The van der Waals surface area contributed by atoms with Crippen LogP contribution in [-0.4, -0.2) is 16.7 Å². The van der Waals surface area contributed by atoms with E-state index in [-0.39, 0.29) is 22.1 Å². The van der Waals surface area contributed by atoms with Crippen LogP contribution >= 0.6 is 11.3 Å². The first kappa shape index (κ1) is 20.4. The van der Waals surface area contributed by atoms with Crippen molar-refractivity contribution in [1.29, 1.82) is 0 Å². The second kappa shape index (κ2) is 8.36. The van der Waals surface area contributed by atoms with E-state index < -0.39 is 35.0 Å². The van der Waals surface area contributed by atoms with Gasteiger partial charge in [0.15, 0.2) is 22.5 Å². The molecule has 0 saturated carbocycles. The van der Waals surface area contributed by atoms with E-state index in [4.69, 9.17) is 0 Å². The molecule has 0 fully saturated rings. The zero-order valence-electron chi connectivity index (χ0n) is 14.8. The molecule has 0 saturated heterocycles. The van der Waals surface area contributed by atoms with E-state index in [1.807, 2.05) is 0 Å². The van der Waals surface area contributed by atoms with Crippen LogP contribution in [0.15, 0.2) is 47.9 Å². The van der Waals surface area contributed by atoms with Gasteiger partial charge >= 0.3 is 0 Å². The number of rotatable bonds is 5. The Morgan fingerprint density at radius 2 is 1.76 bits per heavy atom. The van der Waals surface area contributed by atoms with Crippen LogP contribution in [0.2, 0.25) is 0 Å². The fourth-order valence-corrected chi connectivity index (χ4v) is 3.28. The van der Waals surface area contributed by atoms with E-state index in [1.54, 1.807) is 0 Å². The van der Waals surface area contributed by atoms with Crippen LogP contribution in [0.1, 0.15) is 23.0 Å². The normalized spacial score (nSPS) is 11.1. The van der Waals surface area contributed by atoms with Crippen molar-refractivity contribution >= 4 is 39.9 Å². The molecule has 0 aliphatic rings. The molecule has 29 heavy (non-hydrogen) atoms. The predicted molar refractivity (Wildman–Crippen MR) is 101 cm³/mol. The quantitative estimate of drug-likeness (QED) is 0.321. The molecule has 0 aliphatic heterocycles. The van der Waals surface area contributed by atoms with E-state index in [0.717, 1.165) is 52.6 Å². The molecule has 0 unspecified atom stereocenters. The molecule has 9 heteroatoms. The standard InChI is InChI=1S/C20H12F4N2O2S/c1-11(27)26(18-6-3-13(21)9-17(18)24)20-25-14(10-29-20)4-7-19(28)12-2-5-15(22)16(23)8-12/h2-10H,1H3. The molecule has 1 aromatic heterocycles. The Labute approximate surface area is 166 Å². The van der Waals surface area contributed by atoms with E-state index in [9.17, 15) is 27.2 Å². The molecule has 2 aromatic carbocycles. The van der Waals surface area contributed by atoms with Crippen molar-refractivity contribution in [3.8, 4) is 0 Å². The van der Waals surface area contributed by atoms with Crippen molar-refractivity contribution in [2.45, 2.75) is 6.92 Å². The van der Waals surface area contributed by atoms with Gasteiger partial charge in [-0.1, -0.05) is 0 Å². The van der Waals surface area contributed by atoms with E-state index in [2.05, 4.69) is 4.98 Å². The summed E-state index contributed by atoms with van der Waals surface area (Å²) in [5, 5.41) is 1.63. The molecule has 3 rings (SSSR count). The molecule has 3 aromatic rings. The average Bonchev–Trinajstić information content (AvgIpc) is 3.12. The van der Waals surface area contributed by atoms with Gasteiger partial charge in [-0.15, -0.1) is 11.3 Å². The van der Waals surface area contributed by atoms with Crippen LogP contribution in [0, 0.1) is 23.3 Å². The van der Waals surface area contributed by atoms with Crippen LogP contribution in [-0.2, 0) is 4.79 Å². The first-order chi connectivity index (χ1) is 13.8. The summed E-state index contributed by atoms with van der Waals surface area (Å²) in [5.41, 5.74) is 0.0747. The molecule has 1 heterocycles. The van der Waals surface area contributed by atoms with E-state index >= 15 is 0 Å². The number of carbonyl (C=O) groups excluding carboxylic acids is 2. The third kappa shape index (κ3) is 4.57. The maximum absolute atomic E-state index is 14.1. The summed E-state index contributed by atoms with van der Waals surface area (Å²) >= 11 is 1.01. The number of hydrogen-bond acceptors (Lipinski definition) is 4. The summed E-state index contributed by atoms with van der Waals surface area (Å²) in [6, 6.07) is 5.56. The first-order valence-corrected chi connectivity index (χ1v) is 9.03. The summed E-state index contributed by atoms with van der Waals surface area (Å²) in [5.74, 6) is -5.04. The van der Waals surface area contributed by atoms with Gasteiger partial charge in [0.05, 0.1) is 11.4 Å². The Kier molecular flexibility index (Phi) is 5.88. The van der Waals surface area contributed by atoms with Crippen LogP contribution in [0.4, 0.5) is 28.4 Å². The number of amides is 1. The van der Waals surface area contributed by atoms with Gasteiger partial charge in [-0.3, -0.25) is 14.5 Å². The van der Waals surface area contributed by atoms with Crippen molar-refractivity contribution < 1.29 is 27.2 Å². The summed E-state index contributed by atoms with van der Waals surface area (Å²) in [6.07, 6.45) is 2.44. The van der Waals surface area contributed by atoms with Crippen LogP contribution in [0.3, 0.4) is 0 Å². The molecule has 0 N–H and O–H groups in total. The summed E-state index contributed by atoms with van der Waals surface area (Å²) < 4.78 is 53.4. The Bertz CT molecular complexity index is 1130. The van der Waals surface area contributed by atoms with Gasteiger partial charge in [-0.2, -0.15) is 0 Å². The number of hydrogen-bond donors (Lipinski definition) is 0. The maximum Gasteiger partial charge on any atom is 0.230 e. The number of halogens is 4. The van der Waals surface area contributed by atoms with Crippen LogP contribution < -0.4 is 4.90 Å². The van der Waals surface area contributed by atoms with Crippen LogP contribution in [0.25, 0.3) is 6.08 Å². The fraction of sp³-hybridized carbons (Fsp3) is 0.0500. The molecule has 0 bridgehead atoms. The lowest BCUT2D eigenvalue weighted by Crippen LogP contribution is -2.23. The smallest absolute Gasteiger partial charge is 0.230 e. The first-order valence-electron chi connectivity index (χ1n) is 8.15. The van der Waals surface area contributed by atoms with Gasteiger partial charge in [0, 0.05) is 23.9 Å². The minimum Gasteiger partial charge on any atom is -0.289 e. The van der Waals surface area contributed by atoms with Crippen LogP contribution in [0.5, 0.6) is 0 Å². The third-order valence-electron chi connectivity index (χ3n) is 3.78.